The summed E-state index contributed by atoms with van der Waals surface area (Å²) in [6.07, 6.45) is 7.97. The first-order valence-corrected chi connectivity index (χ1v) is 8.05. The number of carbonyl (C=O) groups excluding carboxylic acids is 4. The lowest BCUT2D eigenvalue weighted by molar-refractivity contribution is -0.155. The zero-order chi connectivity index (χ0) is 15.9. The number of hydrogen-bond donors (Lipinski definition) is 0. The molecule has 2 aliphatic rings. The fourth-order valence-electron chi connectivity index (χ4n) is 2.97. The molecule has 0 radical (unpaired) electrons. The third kappa shape index (κ3) is 4.93. The molecule has 2 atom stereocenters. The lowest BCUT2D eigenvalue weighted by atomic mass is 9.97. The molecule has 22 heavy (non-hydrogen) atoms. The Balaban J connectivity index is 1.43. The van der Waals surface area contributed by atoms with Gasteiger partial charge in [0.1, 0.15) is 0 Å². The van der Waals surface area contributed by atoms with Crippen molar-refractivity contribution in [2.75, 3.05) is 0 Å². The van der Waals surface area contributed by atoms with Crippen LogP contribution < -0.4 is 0 Å². The van der Waals surface area contributed by atoms with Crippen molar-refractivity contribution in [1.82, 2.24) is 0 Å². The van der Waals surface area contributed by atoms with Gasteiger partial charge in [-0.15, -0.1) is 0 Å². The highest BCUT2D eigenvalue weighted by Gasteiger charge is 2.33. The molecule has 2 rings (SSSR count). The van der Waals surface area contributed by atoms with Crippen LogP contribution in [0.3, 0.4) is 0 Å². The summed E-state index contributed by atoms with van der Waals surface area (Å²) in [7, 11) is 0. The number of esters is 4. The summed E-state index contributed by atoms with van der Waals surface area (Å²) in [6.45, 7) is 0. The maximum Gasteiger partial charge on any atom is 0.317 e. The van der Waals surface area contributed by atoms with Crippen LogP contribution in [0.4, 0.5) is 0 Å². The van der Waals surface area contributed by atoms with Gasteiger partial charge in [0.2, 0.25) is 0 Å². The zero-order valence-electron chi connectivity index (χ0n) is 12.7. The van der Waals surface area contributed by atoms with Gasteiger partial charge in [-0.05, 0) is 12.8 Å². The van der Waals surface area contributed by atoms with Gasteiger partial charge in [0.15, 0.2) is 0 Å². The maximum atomic E-state index is 11.3. The molecule has 6 nitrogen and oxygen atoms in total. The van der Waals surface area contributed by atoms with Gasteiger partial charge in [0, 0.05) is 0 Å². The lowest BCUT2D eigenvalue weighted by Crippen LogP contribution is -2.07. The van der Waals surface area contributed by atoms with Gasteiger partial charge < -0.3 is 9.47 Å². The van der Waals surface area contributed by atoms with E-state index in [9.17, 15) is 19.2 Å². The van der Waals surface area contributed by atoms with Crippen LogP contribution in [0.25, 0.3) is 0 Å². The molecule has 0 saturated carbocycles. The molecule has 0 aromatic rings. The quantitative estimate of drug-likeness (QED) is 0.369. The molecular formula is C16H22O6. The molecule has 0 aliphatic carbocycles. The Morgan fingerprint density at radius 3 is 1.32 bits per heavy atom. The minimum atomic E-state index is -0.404. The predicted molar refractivity (Wildman–Crippen MR) is 75.3 cm³/mol. The lowest BCUT2D eigenvalue weighted by Gasteiger charge is -2.05. The van der Waals surface area contributed by atoms with Gasteiger partial charge in [-0.25, -0.2) is 0 Å². The highest BCUT2D eigenvalue weighted by Crippen LogP contribution is 2.24. The number of rotatable bonds is 9. The Hall–Kier alpha value is -1.72. The molecule has 0 amide bonds. The predicted octanol–water partition coefficient (Wildman–Crippen LogP) is 2.29. The second-order valence-electron chi connectivity index (χ2n) is 6.09. The topological polar surface area (TPSA) is 86.7 Å². The van der Waals surface area contributed by atoms with Crippen LogP contribution in [0.15, 0.2) is 0 Å². The van der Waals surface area contributed by atoms with Gasteiger partial charge in [0.05, 0.1) is 24.7 Å². The van der Waals surface area contributed by atoms with Crippen LogP contribution in [0, 0.1) is 11.8 Å². The summed E-state index contributed by atoms with van der Waals surface area (Å²) < 4.78 is 9.02. The van der Waals surface area contributed by atoms with E-state index in [1.54, 1.807) is 0 Å². The Bertz CT molecular complexity index is 414. The molecule has 122 valence electrons. The molecule has 0 aromatic carbocycles. The summed E-state index contributed by atoms with van der Waals surface area (Å²) in [5, 5.41) is 0. The van der Waals surface area contributed by atoms with Crippen molar-refractivity contribution in [3.63, 3.8) is 0 Å². The summed E-state index contributed by atoms with van der Waals surface area (Å²) >= 11 is 0. The Labute approximate surface area is 129 Å². The Morgan fingerprint density at radius 1 is 0.636 bits per heavy atom. The highest BCUT2D eigenvalue weighted by atomic mass is 16.6. The largest absolute Gasteiger partial charge is 0.393 e. The number of cyclic esters (lactones) is 4. The van der Waals surface area contributed by atoms with E-state index in [0.29, 0.717) is 0 Å². The van der Waals surface area contributed by atoms with Gasteiger partial charge in [0.25, 0.3) is 0 Å². The molecule has 2 unspecified atom stereocenters. The van der Waals surface area contributed by atoms with Crippen molar-refractivity contribution in [3.05, 3.63) is 0 Å². The van der Waals surface area contributed by atoms with E-state index in [1.165, 1.54) is 0 Å². The van der Waals surface area contributed by atoms with Crippen molar-refractivity contribution < 1.29 is 28.7 Å². The van der Waals surface area contributed by atoms with E-state index in [-0.39, 0.29) is 36.6 Å². The summed E-state index contributed by atoms with van der Waals surface area (Å²) in [4.78, 5) is 44.4. The average molecular weight is 310 g/mol. The van der Waals surface area contributed by atoms with Gasteiger partial charge >= 0.3 is 23.9 Å². The van der Waals surface area contributed by atoms with Crippen LogP contribution in [0.1, 0.15) is 64.2 Å². The monoisotopic (exact) mass is 310 g/mol. The summed E-state index contributed by atoms with van der Waals surface area (Å²) in [5.41, 5.74) is 0. The minimum absolute atomic E-state index is 0.231. The first-order valence-electron chi connectivity index (χ1n) is 8.05. The van der Waals surface area contributed by atoms with Gasteiger partial charge in [-0.3, -0.25) is 19.2 Å². The fourth-order valence-corrected chi connectivity index (χ4v) is 2.97. The van der Waals surface area contributed by atoms with Crippen molar-refractivity contribution in [1.29, 1.82) is 0 Å². The van der Waals surface area contributed by atoms with Crippen LogP contribution in [-0.2, 0) is 28.7 Å². The van der Waals surface area contributed by atoms with Crippen LogP contribution in [0.2, 0.25) is 0 Å². The van der Waals surface area contributed by atoms with Crippen molar-refractivity contribution >= 4 is 23.9 Å². The van der Waals surface area contributed by atoms with E-state index in [0.717, 1.165) is 51.4 Å². The van der Waals surface area contributed by atoms with Gasteiger partial charge in [-0.2, -0.15) is 0 Å². The van der Waals surface area contributed by atoms with Crippen LogP contribution in [0.5, 0.6) is 0 Å². The third-order valence-electron chi connectivity index (χ3n) is 4.28. The normalized spacial score (nSPS) is 24.7. The summed E-state index contributed by atoms with van der Waals surface area (Å²) in [6, 6.07) is 0. The third-order valence-corrected chi connectivity index (χ3v) is 4.28. The number of hydrogen-bond acceptors (Lipinski definition) is 6. The molecule has 0 spiro atoms. The van der Waals surface area contributed by atoms with Crippen LogP contribution in [-0.4, -0.2) is 23.9 Å². The maximum absolute atomic E-state index is 11.3. The van der Waals surface area contributed by atoms with E-state index in [1.807, 2.05) is 0 Å². The molecule has 0 bridgehead atoms. The minimum Gasteiger partial charge on any atom is -0.393 e. The first-order chi connectivity index (χ1) is 10.6. The Morgan fingerprint density at radius 2 is 1.00 bits per heavy atom. The zero-order valence-corrected chi connectivity index (χ0v) is 12.7. The van der Waals surface area contributed by atoms with Crippen molar-refractivity contribution in [2.45, 2.75) is 64.2 Å². The molecule has 0 aromatic heterocycles. The molecule has 0 N–H and O–H groups in total. The number of carbonyl (C=O) groups is 4. The number of ether oxygens (including phenoxy) is 2. The van der Waals surface area contributed by atoms with Crippen molar-refractivity contribution in [3.8, 4) is 0 Å². The van der Waals surface area contributed by atoms with Gasteiger partial charge in [-0.1, -0.05) is 38.5 Å². The average Bonchev–Trinajstić information content (AvgIpc) is 2.94. The second-order valence-corrected chi connectivity index (χ2v) is 6.09. The molecule has 6 heteroatoms. The van der Waals surface area contributed by atoms with E-state index in [4.69, 9.17) is 0 Å². The van der Waals surface area contributed by atoms with E-state index < -0.39 is 11.9 Å². The van der Waals surface area contributed by atoms with E-state index in [2.05, 4.69) is 9.47 Å². The molecule has 2 saturated heterocycles. The SMILES string of the molecule is O=C1CC(CCCCCCCCC2CC(=O)OC2=O)C(=O)O1. The molecule has 2 heterocycles. The highest BCUT2D eigenvalue weighted by molar-refractivity contribution is 5.95. The fraction of sp³-hybridized carbons (Fsp3) is 0.750. The van der Waals surface area contributed by atoms with Crippen molar-refractivity contribution in [2.24, 2.45) is 11.8 Å². The smallest absolute Gasteiger partial charge is 0.317 e. The standard InChI is InChI=1S/C16H22O6/c17-13-9-11(15(19)21-13)7-5-3-1-2-4-6-8-12-10-14(18)22-16(12)20/h11-12H,1-10H2. The molecule has 2 fully saturated rings. The molecule has 2 aliphatic heterocycles. The number of unbranched alkanes of at least 4 members (excludes halogenated alkanes) is 5. The van der Waals surface area contributed by atoms with E-state index >= 15 is 0 Å². The second kappa shape index (κ2) is 8.06. The first kappa shape index (κ1) is 16.6. The Kier molecular flexibility index (Phi) is 6.10. The van der Waals surface area contributed by atoms with Crippen LogP contribution >= 0.6 is 0 Å². The molecular weight excluding hydrogens is 288 g/mol. The summed E-state index contributed by atoms with van der Waals surface area (Å²) in [5.74, 6) is -2.03.